The van der Waals surface area contributed by atoms with Crippen molar-refractivity contribution >= 4 is 54.5 Å². The minimum atomic E-state index is -4.65. The van der Waals surface area contributed by atoms with Crippen molar-refractivity contribution in [3.63, 3.8) is 0 Å². The number of nitrogens with zero attached hydrogens (tertiary/aromatic N) is 1. The molecule has 0 saturated carbocycles. The number of imidazole rings is 1. The van der Waals surface area contributed by atoms with Crippen LogP contribution in [-0.4, -0.2) is 46.7 Å². The fourth-order valence-electron chi connectivity index (χ4n) is 3.14. The number of hydrogen-bond donors (Lipinski definition) is 3. The Labute approximate surface area is 180 Å². The highest BCUT2D eigenvalue weighted by atomic mass is 35.5. The van der Waals surface area contributed by atoms with Crippen LogP contribution in [-0.2, 0) is 20.2 Å². The maximum atomic E-state index is 12.2. The molecule has 2 rings (SSSR count). The van der Waals surface area contributed by atoms with E-state index in [1.807, 2.05) is 0 Å². The van der Waals surface area contributed by atoms with Crippen molar-refractivity contribution in [2.45, 2.75) is 60.8 Å². The second-order valence-corrected chi connectivity index (χ2v) is 11.3. The molecule has 0 amide bonds. The molecule has 0 aliphatic carbocycles. The Morgan fingerprint density at radius 2 is 1.41 bits per heavy atom. The van der Waals surface area contributed by atoms with E-state index in [-0.39, 0.29) is 24.0 Å². The van der Waals surface area contributed by atoms with Gasteiger partial charge in [-0.3, -0.25) is 9.11 Å². The highest BCUT2D eigenvalue weighted by molar-refractivity contribution is 7.86. The van der Waals surface area contributed by atoms with Gasteiger partial charge in [0, 0.05) is 10.8 Å². The first kappa shape index (κ1) is 24.4. The number of aromatic nitrogens is 2. The zero-order valence-corrected chi connectivity index (χ0v) is 19.0. The summed E-state index contributed by atoms with van der Waals surface area (Å²) in [5, 5.41) is -4.16. The van der Waals surface area contributed by atoms with E-state index in [1.54, 1.807) is 13.8 Å². The molecule has 0 aliphatic rings. The van der Waals surface area contributed by atoms with Crippen molar-refractivity contribution in [1.29, 1.82) is 0 Å². The molecular weight excluding hydrogens is 463 g/mol. The molecule has 1 radical (unpaired) electrons. The monoisotopic (exact) mass is 485 g/mol. The Hall–Kier alpha value is -0.910. The summed E-state index contributed by atoms with van der Waals surface area (Å²) in [4.78, 5) is 6.66. The summed E-state index contributed by atoms with van der Waals surface area (Å²) in [6.45, 7) is 3.51. The first-order chi connectivity index (χ1) is 13.4. The fourth-order valence-corrected chi connectivity index (χ4v) is 5.70. The van der Waals surface area contributed by atoms with Gasteiger partial charge in [-0.15, -0.1) is 23.2 Å². The molecule has 4 atom stereocenters. The normalized spacial score (nSPS) is 17.2. The Morgan fingerprint density at radius 3 is 1.83 bits per heavy atom. The van der Waals surface area contributed by atoms with Crippen molar-refractivity contribution in [2.24, 2.45) is 0 Å². The number of H-pyrrole nitrogens is 1. The van der Waals surface area contributed by atoms with Gasteiger partial charge in [0.25, 0.3) is 20.2 Å². The number of aromatic amines is 1. The smallest absolute Gasteiger partial charge is 0.272 e. The van der Waals surface area contributed by atoms with Crippen molar-refractivity contribution in [1.82, 2.24) is 9.97 Å². The molecule has 12 heteroatoms. The quantitative estimate of drug-likeness (QED) is 0.340. The molecule has 4 unspecified atom stereocenters. The second-order valence-electron chi connectivity index (χ2n) is 6.84. The molecule has 29 heavy (non-hydrogen) atoms. The molecule has 163 valence electrons. The van der Waals surface area contributed by atoms with Crippen molar-refractivity contribution < 1.29 is 25.9 Å². The van der Waals surface area contributed by atoms with Crippen LogP contribution in [0.4, 0.5) is 0 Å². The second kappa shape index (κ2) is 9.49. The minimum absolute atomic E-state index is 0.00203. The standard InChI is InChI=1S/C17H23Cl2N2O6S2/c1-3-10(18)5-16(28(22,23)24)12-7-14-15(21-9-20-14)8-13(12)17(29(25,26)27)6-11(19)4-2/h7-8,10-11,16-17H,3-6H2,1-2H3,(H,20,21)(H,22,23,24)(H,25,26,27). The van der Waals surface area contributed by atoms with Gasteiger partial charge in [-0.25, -0.2) is 4.98 Å². The molecule has 2 aromatic rings. The SMILES string of the molecule is CCC(Cl)CC(c1cc2n[c][nH]c2cc1C(CC(Cl)CC)S(=O)(=O)O)S(=O)(=O)O. The Kier molecular flexibility index (Phi) is 7.97. The topological polar surface area (TPSA) is 137 Å². The number of benzene rings is 1. The number of halogens is 2. The molecule has 0 bridgehead atoms. The zero-order valence-electron chi connectivity index (χ0n) is 15.8. The van der Waals surface area contributed by atoms with Crippen LogP contribution in [0.2, 0.25) is 0 Å². The van der Waals surface area contributed by atoms with Crippen LogP contribution in [0, 0.1) is 6.33 Å². The van der Waals surface area contributed by atoms with Gasteiger partial charge < -0.3 is 4.98 Å². The summed E-state index contributed by atoms with van der Waals surface area (Å²) in [5.74, 6) is 0. The summed E-state index contributed by atoms with van der Waals surface area (Å²) in [7, 11) is -9.30. The molecule has 1 aromatic carbocycles. The van der Waals surface area contributed by atoms with Crippen LogP contribution < -0.4 is 0 Å². The van der Waals surface area contributed by atoms with Crippen LogP contribution in [0.15, 0.2) is 12.1 Å². The summed E-state index contributed by atoms with van der Waals surface area (Å²) in [6, 6.07) is 2.75. The average molecular weight is 486 g/mol. The number of fused-ring (bicyclic) bond motifs is 1. The van der Waals surface area contributed by atoms with Crippen molar-refractivity contribution in [3.05, 3.63) is 29.6 Å². The van der Waals surface area contributed by atoms with Gasteiger partial charge in [-0.2, -0.15) is 16.8 Å². The Bertz CT molecular complexity index is 973. The van der Waals surface area contributed by atoms with Gasteiger partial charge in [0.05, 0.1) is 11.0 Å². The van der Waals surface area contributed by atoms with Gasteiger partial charge in [-0.05, 0) is 48.9 Å². The first-order valence-electron chi connectivity index (χ1n) is 8.98. The van der Waals surface area contributed by atoms with Crippen molar-refractivity contribution in [3.8, 4) is 0 Å². The highest BCUT2D eigenvalue weighted by Gasteiger charge is 2.36. The Balaban J connectivity index is 2.78. The van der Waals surface area contributed by atoms with Crippen LogP contribution in [0.1, 0.15) is 61.2 Å². The van der Waals surface area contributed by atoms with Gasteiger partial charge >= 0.3 is 0 Å². The summed E-state index contributed by atoms with van der Waals surface area (Å²) >= 11 is 12.3. The molecule has 3 N–H and O–H groups in total. The highest BCUT2D eigenvalue weighted by Crippen LogP contribution is 2.40. The average Bonchev–Trinajstić information content (AvgIpc) is 3.08. The lowest BCUT2D eigenvalue weighted by Gasteiger charge is -2.24. The van der Waals surface area contributed by atoms with E-state index in [1.165, 1.54) is 12.1 Å². The van der Waals surface area contributed by atoms with Crippen LogP contribution in [0.25, 0.3) is 11.0 Å². The van der Waals surface area contributed by atoms with E-state index in [2.05, 4.69) is 16.3 Å². The predicted molar refractivity (Wildman–Crippen MR) is 113 cm³/mol. The van der Waals surface area contributed by atoms with E-state index in [0.29, 0.717) is 23.9 Å². The molecule has 1 aromatic heterocycles. The molecule has 8 nitrogen and oxygen atoms in total. The van der Waals surface area contributed by atoms with Gasteiger partial charge in [0.15, 0.2) is 6.33 Å². The number of alkyl halides is 2. The summed E-state index contributed by atoms with van der Waals surface area (Å²) < 4.78 is 68.5. The molecule has 0 aliphatic heterocycles. The third-order valence-corrected chi connectivity index (χ3v) is 8.11. The number of rotatable bonds is 10. The molecule has 1 heterocycles. The van der Waals surface area contributed by atoms with E-state index in [9.17, 15) is 25.9 Å². The summed E-state index contributed by atoms with van der Waals surface area (Å²) in [5.41, 5.74) is 0.737. The molecular formula is C17H23Cl2N2O6S2. The molecule has 0 saturated heterocycles. The van der Waals surface area contributed by atoms with E-state index >= 15 is 0 Å². The van der Waals surface area contributed by atoms with E-state index < -0.39 is 41.5 Å². The number of nitrogens with one attached hydrogen (secondary N) is 1. The van der Waals surface area contributed by atoms with Crippen LogP contribution in [0.5, 0.6) is 0 Å². The Morgan fingerprint density at radius 1 is 0.966 bits per heavy atom. The van der Waals surface area contributed by atoms with Crippen molar-refractivity contribution in [2.75, 3.05) is 0 Å². The lowest BCUT2D eigenvalue weighted by atomic mass is 9.95. The van der Waals surface area contributed by atoms with Gasteiger partial charge in [-0.1, -0.05) is 13.8 Å². The van der Waals surface area contributed by atoms with E-state index in [4.69, 9.17) is 23.2 Å². The largest absolute Gasteiger partial charge is 0.335 e. The van der Waals surface area contributed by atoms with E-state index in [0.717, 1.165) is 0 Å². The van der Waals surface area contributed by atoms with Gasteiger partial charge in [0.2, 0.25) is 0 Å². The minimum Gasteiger partial charge on any atom is -0.335 e. The van der Waals surface area contributed by atoms with Crippen LogP contribution in [0.3, 0.4) is 0 Å². The third-order valence-electron chi connectivity index (χ3n) is 4.81. The molecule has 0 spiro atoms. The predicted octanol–water partition coefficient (Wildman–Crippen LogP) is 4.04. The number of hydrogen-bond acceptors (Lipinski definition) is 5. The first-order valence-corrected chi connectivity index (χ1v) is 12.9. The zero-order chi connectivity index (χ0) is 22.0. The van der Waals surface area contributed by atoms with Gasteiger partial charge in [0.1, 0.15) is 10.5 Å². The maximum absolute atomic E-state index is 12.2. The lowest BCUT2D eigenvalue weighted by molar-refractivity contribution is 0.454. The third kappa shape index (κ3) is 6.05. The maximum Gasteiger partial charge on any atom is 0.272 e. The van der Waals surface area contributed by atoms with Crippen LogP contribution >= 0.6 is 23.2 Å². The molecule has 0 fully saturated rings. The lowest BCUT2D eigenvalue weighted by Crippen LogP contribution is -2.23. The summed E-state index contributed by atoms with van der Waals surface area (Å²) in [6.07, 6.45) is 3.07. The fraction of sp³-hybridized carbons (Fsp3) is 0.588.